The van der Waals surface area contributed by atoms with Crippen LogP contribution in [-0.4, -0.2) is 47.6 Å². The van der Waals surface area contributed by atoms with E-state index in [1.807, 2.05) is 30.3 Å². The Kier molecular flexibility index (Phi) is 6.01. The minimum atomic E-state index is -0.722. The highest BCUT2D eigenvalue weighted by molar-refractivity contribution is 6.01. The normalized spacial score (nSPS) is 10.4. The maximum atomic E-state index is 12.4. The molecule has 0 spiro atoms. The molecule has 0 unspecified atom stereocenters. The fourth-order valence-corrected chi connectivity index (χ4v) is 2.55. The number of rotatable bonds is 8. The lowest BCUT2D eigenvalue weighted by Crippen LogP contribution is -2.15. The van der Waals surface area contributed by atoms with Crippen LogP contribution in [0.3, 0.4) is 0 Å². The van der Waals surface area contributed by atoms with Crippen LogP contribution in [0.25, 0.3) is 0 Å². The van der Waals surface area contributed by atoms with E-state index in [1.54, 1.807) is 18.2 Å². The van der Waals surface area contributed by atoms with Gasteiger partial charge >= 0.3 is 5.97 Å². The summed E-state index contributed by atoms with van der Waals surface area (Å²) in [5.74, 6) is -0.223. The van der Waals surface area contributed by atoms with Crippen LogP contribution in [0.15, 0.2) is 54.7 Å². The highest BCUT2D eigenvalue weighted by atomic mass is 16.5. The summed E-state index contributed by atoms with van der Waals surface area (Å²) in [6.45, 7) is 0.0379. The van der Waals surface area contributed by atoms with E-state index in [0.717, 1.165) is 5.56 Å². The van der Waals surface area contributed by atoms with Gasteiger partial charge in [-0.05, 0) is 17.7 Å². The summed E-state index contributed by atoms with van der Waals surface area (Å²) in [5, 5.41) is 7.72. The van der Waals surface area contributed by atoms with Gasteiger partial charge in [0.1, 0.15) is 11.5 Å². The molecule has 0 fully saturated rings. The molecule has 0 aliphatic carbocycles. The van der Waals surface area contributed by atoms with Gasteiger partial charge in [0.15, 0.2) is 12.3 Å². The van der Waals surface area contributed by atoms with Gasteiger partial charge < -0.3 is 14.2 Å². The number of methoxy groups -OCH3 is 2. The maximum Gasteiger partial charge on any atom is 0.360 e. The lowest BCUT2D eigenvalue weighted by atomic mass is 10.1. The summed E-state index contributed by atoms with van der Waals surface area (Å²) in [5.41, 5.74) is 1.35. The third kappa shape index (κ3) is 4.53. The zero-order chi connectivity index (χ0) is 19.9. The quantitative estimate of drug-likeness (QED) is 0.437. The minimum Gasteiger partial charge on any atom is -0.497 e. The number of nitrogens with zero attached hydrogens (tertiary/aromatic N) is 3. The lowest BCUT2D eigenvalue weighted by Gasteiger charge is -2.09. The Hall–Kier alpha value is -3.68. The second kappa shape index (κ2) is 8.81. The largest absolute Gasteiger partial charge is 0.497 e. The third-order valence-electron chi connectivity index (χ3n) is 3.98. The van der Waals surface area contributed by atoms with Gasteiger partial charge in [-0.3, -0.25) is 4.79 Å². The molecule has 0 saturated heterocycles. The molecule has 0 saturated carbocycles. The van der Waals surface area contributed by atoms with Crippen molar-refractivity contribution in [3.8, 4) is 11.5 Å². The molecule has 0 aliphatic rings. The number of ether oxygens (including phenoxy) is 3. The van der Waals surface area contributed by atoms with Crippen LogP contribution < -0.4 is 9.47 Å². The van der Waals surface area contributed by atoms with Crippen LogP contribution in [0.1, 0.15) is 26.4 Å². The number of aromatic nitrogens is 3. The highest BCUT2D eigenvalue weighted by Gasteiger charge is 2.18. The average Bonchev–Trinajstić information content (AvgIpc) is 3.20. The fraction of sp³-hybridized carbons (Fsp3) is 0.200. The summed E-state index contributed by atoms with van der Waals surface area (Å²) < 4.78 is 16.9. The van der Waals surface area contributed by atoms with Gasteiger partial charge in [0.25, 0.3) is 0 Å². The number of ketones is 1. The van der Waals surface area contributed by atoms with Crippen LogP contribution in [0.4, 0.5) is 0 Å². The number of hydrogen-bond acceptors (Lipinski definition) is 7. The van der Waals surface area contributed by atoms with E-state index in [-0.39, 0.29) is 5.69 Å². The van der Waals surface area contributed by atoms with Crippen molar-refractivity contribution in [1.29, 1.82) is 0 Å². The summed E-state index contributed by atoms with van der Waals surface area (Å²) in [6.07, 6.45) is 1.48. The smallest absolute Gasteiger partial charge is 0.360 e. The molecule has 0 atom stereocenters. The summed E-state index contributed by atoms with van der Waals surface area (Å²) >= 11 is 0. The minimum absolute atomic E-state index is 0.0328. The van der Waals surface area contributed by atoms with Crippen LogP contribution in [0.2, 0.25) is 0 Å². The van der Waals surface area contributed by atoms with E-state index in [9.17, 15) is 9.59 Å². The van der Waals surface area contributed by atoms with Crippen molar-refractivity contribution >= 4 is 11.8 Å². The zero-order valence-corrected chi connectivity index (χ0v) is 15.5. The number of benzene rings is 2. The molecule has 0 radical (unpaired) electrons. The monoisotopic (exact) mass is 381 g/mol. The van der Waals surface area contributed by atoms with Gasteiger partial charge in [-0.15, -0.1) is 5.10 Å². The Morgan fingerprint density at radius 2 is 1.82 bits per heavy atom. The molecule has 8 heteroatoms. The second-order valence-corrected chi connectivity index (χ2v) is 5.85. The highest BCUT2D eigenvalue weighted by Crippen LogP contribution is 2.25. The maximum absolute atomic E-state index is 12.4. The molecule has 144 valence electrons. The number of carbonyl (C=O) groups excluding carboxylic acids is 2. The molecule has 1 heterocycles. The first kappa shape index (κ1) is 19.1. The zero-order valence-electron chi connectivity index (χ0n) is 15.5. The second-order valence-electron chi connectivity index (χ2n) is 5.85. The number of carbonyl (C=O) groups is 2. The van der Waals surface area contributed by atoms with E-state index < -0.39 is 18.4 Å². The molecule has 0 bridgehead atoms. The summed E-state index contributed by atoms with van der Waals surface area (Å²) in [7, 11) is 2.96. The summed E-state index contributed by atoms with van der Waals surface area (Å²) in [6, 6.07) is 14.4. The SMILES string of the molecule is COc1ccc(C(=O)COC(=O)c2cn(Cc3ccccc3)nn2)c(OC)c1. The Bertz CT molecular complexity index is 969. The average molecular weight is 381 g/mol. The van der Waals surface area contributed by atoms with Crippen LogP contribution in [0, 0.1) is 0 Å². The van der Waals surface area contributed by atoms with Crippen molar-refractivity contribution < 1.29 is 23.8 Å². The molecular formula is C20H19N3O5. The van der Waals surface area contributed by atoms with Gasteiger partial charge in [0, 0.05) is 6.07 Å². The standard InChI is InChI=1S/C20H19N3O5/c1-26-15-8-9-16(19(10-15)27-2)18(24)13-28-20(25)17-12-23(22-21-17)11-14-6-4-3-5-7-14/h3-10,12H,11,13H2,1-2H3. The van der Waals surface area contributed by atoms with Gasteiger partial charge in [-0.25, -0.2) is 9.48 Å². The Balaban J connectivity index is 1.60. The lowest BCUT2D eigenvalue weighted by molar-refractivity contribution is 0.0468. The molecular weight excluding hydrogens is 362 g/mol. The Labute approximate surface area is 161 Å². The Morgan fingerprint density at radius 3 is 2.54 bits per heavy atom. The van der Waals surface area contributed by atoms with E-state index in [2.05, 4.69) is 10.3 Å². The van der Waals surface area contributed by atoms with Crippen molar-refractivity contribution in [3.05, 3.63) is 71.5 Å². The molecule has 28 heavy (non-hydrogen) atoms. The number of Topliss-reactive ketones (excluding diaryl/α,β-unsaturated/α-hetero) is 1. The molecule has 2 aromatic carbocycles. The van der Waals surface area contributed by atoms with Crippen LogP contribution >= 0.6 is 0 Å². The molecule has 3 rings (SSSR count). The van der Waals surface area contributed by atoms with Gasteiger partial charge in [-0.2, -0.15) is 0 Å². The van der Waals surface area contributed by atoms with Crippen molar-refractivity contribution in [2.24, 2.45) is 0 Å². The van der Waals surface area contributed by atoms with E-state index in [1.165, 1.54) is 25.1 Å². The van der Waals surface area contributed by atoms with E-state index >= 15 is 0 Å². The molecule has 8 nitrogen and oxygen atoms in total. The molecule has 1 aromatic heterocycles. The first-order valence-electron chi connectivity index (χ1n) is 8.47. The number of esters is 1. The topological polar surface area (TPSA) is 92.5 Å². The fourth-order valence-electron chi connectivity index (χ4n) is 2.55. The van der Waals surface area contributed by atoms with Crippen LogP contribution in [-0.2, 0) is 11.3 Å². The molecule has 3 aromatic rings. The molecule has 0 amide bonds. The Morgan fingerprint density at radius 1 is 1.04 bits per heavy atom. The van der Waals surface area contributed by atoms with Gasteiger partial charge in [0.2, 0.25) is 5.78 Å². The predicted octanol–water partition coefficient (Wildman–Crippen LogP) is 2.38. The van der Waals surface area contributed by atoms with Crippen molar-refractivity contribution in [3.63, 3.8) is 0 Å². The molecule has 0 aliphatic heterocycles. The van der Waals surface area contributed by atoms with Gasteiger partial charge in [0.05, 0.1) is 32.5 Å². The first-order valence-corrected chi connectivity index (χ1v) is 8.47. The van der Waals surface area contributed by atoms with Crippen molar-refractivity contribution in [1.82, 2.24) is 15.0 Å². The van der Waals surface area contributed by atoms with E-state index in [4.69, 9.17) is 14.2 Å². The third-order valence-corrected chi connectivity index (χ3v) is 3.98. The van der Waals surface area contributed by atoms with Crippen molar-refractivity contribution in [2.75, 3.05) is 20.8 Å². The van der Waals surface area contributed by atoms with E-state index in [0.29, 0.717) is 23.6 Å². The van der Waals surface area contributed by atoms with Gasteiger partial charge in [-0.1, -0.05) is 35.5 Å². The summed E-state index contributed by atoms with van der Waals surface area (Å²) in [4.78, 5) is 24.5. The van der Waals surface area contributed by atoms with Crippen molar-refractivity contribution in [2.45, 2.75) is 6.54 Å². The predicted molar refractivity (Wildman–Crippen MR) is 99.7 cm³/mol. The molecule has 0 N–H and O–H groups in total. The number of hydrogen-bond donors (Lipinski definition) is 0. The first-order chi connectivity index (χ1) is 13.6. The van der Waals surface area contributed by atoms with Crippen LogP contribution in [0.5, 0.6) is 11.5 Å².